The first-order valence-corrected chi connectivity index (χ1v) is 17.0. The van der Waals surface area contributed by atoms with Crippen LogP contribution < -0.4 is 4.90 Å². The third kappa shape index (κ3) is 4.56. The first-order chi connectivity index (χ1) is 24.8. The predicted octanol–water partition coefficient (Wildman–Crippen LogP) is 13.2. The van der Waals surface area contributed by atoms with E-state index in [0.29, 0.717) is 5.71 Å². The van der Waals surface area contributed by atoms with Crippen molar-refractivity contribution in [3.05, 3.63) is 182 Å². The van der Waals surface area contributed by atoms with Crippen LogP contribution in [-0.2, 0) is 0 Å². The number of fused-ring (bicyclic) bond motifs is 8. The molecule has 0 fully saturated rings. The van der Waals surface area contributed by atoms with Crippen LogP contribution in [0.5, 0.6) is 0 Å². The standard InChI is InChI=1S/C47H30N2O/c1-2-10-31(11-3-1)32-20-24-36(25-21-32)49(43-28-29-48-47-46(43)41-16-8-9-17-44(41)50-47)37-26-22-34(23-27-37)42-30-35-19-18-33-12-4-5-13-38(33)45(35)40-15-7-6-14-39(40)42/h1-30H. The van der Waals surface area contributed by atoms with E-state index in [-0.39, 0.29) is 0 Å². The minimum atomic E-state index is 0.626. The molecule has 0 N–H and O–H groups in total. The maximum atomic E-state index is 6.23. The lowest BCUT2D eigenvalue weighted by Crippen LogP contribution is -2.10. The van der Waals surface area contributed by atoms with E-state index in [1.807, 2.05) is 18.3 Å². The van der Waals surface area contributed by atoms with Gasteiger partial charge in [0.2, 0.25) is 5.71 Å². The predicted molar refractivity (Wildman–Crippen MR) is 210 cm³/mol. The molecule has 0 aliphatic rings. The lowest BCUT2D eigenvalue weighted by atomic mass is 9.90. The highest BCUT2D eigenvalue weighted by Crippen LogP contribution is 2.44. The van der Waals surface area contributed by atoms with E-state index in [0.717, 1.165) is 33.4 Å². The molecule has 2 aromatic heterocycles. The number of furan rings is 1. The van der Waals surface area contributed by atoms with E-state index in [2.05, 4.69) is 174 Å². The molecule has 0 unspecified atom stereocenters. The van der Waals surface area contributed by atoms with E-state index in [1.54, 1.807) is 0 Å². The number of nitrogens with zero attached hydrogens (tertiary/aromatic N) is 2. The molecular weight excluding hydrogens is 609 g/mol. The Kier molecular flexibility index (Phi) is 6.49. The van der Waals surface area contributed by atoms with Crippen LogP contribution in [0, 0.1) is 0 Å². The molecule has 0 saturated heterocycles. The summed E-state index contributed by atoms with van der Waals surface area (Å²) < 4.78 is 6.23. The van der Waals surface area contributed by atoms with Gasteiger partial charge in [0.15, 0.2) is 0 Å². The fourth-order valence-corrected chi connectivity index (χ4v) is 7.58. The molecular formula is C47H30N2O. The Morgan fingerprint density at radius 3 is 1.80 bits per heavy atom. The summed E-state index contributed by atoms with van der Waals surface area (Å²) in [6, 6.07) is 62.8. The summed E-state index contributed by atoms with van der Waals surface area (Å²) in [6.45, 7) is 0. The number of pyridine rings is 1. The second-order valence-corrected chi connectivity index (χ2v) is 12.8. The molecule has 0 aliphatic carbocycles. The van der Waals surface area contributed by atoms with Gasteiger partial charge in [0, 0.05) is 23.0 Å². The average Bonchev–Trinajstić information content (AvgIpc) is 3.58. The molecule has 234 valence electrons. The van der Waals surface area contributed by atoms with E-state index in [4.69, 9.17) is 4.42 Å². The van der Waals surface area contributed by atoms with Gasteiger partial charge >= 0.3 is 0 Å². The Bertz CT molecular complexity index is 2850. The zero-order valence-electron chi connectivity index (χ0n) is 27.1. The molecule has 3 heteroatoms. The number of para-hydroxylation sites is 1. The third-order valence-corrected chi connectivity index (χ3v) is 9.91. The van der Waals surface area contributed by atoms with Gasteiger partial charge in [-0.1, -0.05) is 133 Å². The number of anilines is 3. The highest BCUT2D eigenvalue weighted by atomic mass is 16.3. The molecule has 0 spiro atoms. The van der Waals surface area contributed by atoms with Crippen LogP contribution in [0.15, 0.2) is 187 Å². The minimum absolute atomic E-state index is 0.626. The number of hydrogen-bond acceptors (Lipinski definition) is 3. The zero-order chi connectivity index (χ0) is 33.0. The largest absolute Gasteiger partial charge is 0.438 e. The number of hydrogen-bond donors (Lipinski definition) is 0. The van der Waals surface area contributed by atoms with Gasteiger partial charge in [0.25, 0.3) is 0 Å². The van der Waals surface area contributed by atoms with Gasteiger partial charge in [0.05, 0.1) is 11.1 Å². The molecule has 10 rings (SSSR count). The molecule has 0 bridgehead atoms. The number of benzene rings is 8. The second-order valence-electron chi connectivity index (χ2n) is 12.8. The van der Waals surface area contributed by atoms with Gasteiger partial charge in [-0.05, 0) is 97.0 Å². The quantitative estimate of drug-likeness (QED) is 0.176. The van der Waals surface area contributed by atoms with E-state index < -0.39 is 0 Å². The highest BCUT2D eigenvalue weighted by Gasteiger charge is 2.20. The lowest BCUT2D eigenvalue weighted by molar-refractivity contribution is 0.654. The molecule has 50 heavy (non-hydrogen) atoms. The Morgan fingerprint density at radius 1 is 0.420 bits per heavy atom. The summed E-state index contributed by atoms with van der Waals surface area (Å²) in [6.07, 6.45) is 1.84. The van der Waals surface area contributed by atoms with Gasteiger partial charge in [0.1, 0.15) is 5.58 Å². The molecule has 0 radical (unpaired) electrons. The van der Waals surface area contributed by atoms with Crippen molar-refractivity contribution in [1.82, 2.24) is 4.98 Å². The summed E-state index contributed by atoms with van der Waals surface area (Å²) in [5.41, 5.74) is 9.34. The molecule has 0 saturated carbocycles. The Balaban J connectivity index is 1.15. The maximum Gasteiger partial charge on any atom is 0.229 e. The van der Waals surface area contributed by atoms with Gasteiger partial charge in [-0.3, -0.25) is 0 Å². The van der Waals surface area contributed by atoms with Crippen molar-refractivity contribution in [3.63, 3.8) is 0 Å². The number of aromatic nitrogens is 1. The van der Waals surface area contributed by atoms with Crippen LogP contribution in [0.3, 0.4) is 0 Å². The van der Waals surface area contributed by atoms with Gasteiger partial charge in [-0.2, -0.15) is 0 Å². The Labute approximate surface area is 289 Å². The Hall–Kier alpha value is -6.71. The smallest absolute Gasteiger partial charge is 0.229 e. The van der Waals surface area contributed by atoms with Crippen LogP contribution in [0.2, 0.25) is 0 Å². The van der Waals surface area contributed by atoms with E-state index >= 15 is 0 Å². The van der Waals surface area contributed by atoms with Crippen LogP contribution >= 0.6 is 0 Å². The van der Waals surface area contributed by atoms with Crippen molar-refractivity contribution in [3.8, 4) is 22.3 Å². The first kappa shape index (κ1) is 28.3. The van der Waals surface area contributed by atoms with Crippen molar-refractivity contribution >= 4 is 71.4 Å². The fourth-order valence-electron chi connectivity index (χ4n) is 7.58. The Morgan fingerprint density at radius 2 is 1.02 bits per heavy atom. The number of rotatable bonds is 5. The molecule has 3 nitrogen and oxygen atoms in total. The van der Waals surface area contributed by atoms with Gasteiger partial charge < -0.3 is 9.32 Å². The highest BCUT2D eigenvalue weighted by molar-refractivity contribution is 6.23. The molecule has 0 aliphatic heterocycles. The summed E-state index contributed by atoms with van der Waals surface area (Å²) in [4.78, 5) is 6.95. The van der Waals surface area contributed by atoms with Gasteiger partial charge in [-0.25, -0.2) is 4.98 Å². The zero-order valence-corrected chi connectivity index (χ0v) is 27.1. The molecule has 2 heterocycles. The van der Waals surface area contributed by atoms with Crippen molar-refractivity contribution < 1.29 is 4.42 Å². The van der Waals surface area contributed by atoms with Crippen LogP contribution in [0.1, 0.15) is 0 Å². The summed E-state index contributed by atoms with van der Waals surface area (Å²) in [5, 5.41) is 9.65. The van der Waals surface area contributed by atoms with Crippen molar-refractivity contribution in [2.75, 3.05) is 4.90 Å². The third-order valence-electron chi connectivity index (χ3n) is 9.91. The molecule has 10 aromatic rings. The van der Waals surface area contributed by atoms with E-state index in [9.17, 15) is 0 Å². The van der Waals surface area contributed by atoms with Crippen molar-refractivity contribution in [2.45, 2.75) is 0 Å². The van der Waals surface area contributed by atoms with Crippen molar-refractivity contribution in [1.29, 1.82) is 0 Å². The lowest BCUT2D eigenvalue weighted by Gasteiger charge is -2.26. The monoisotopic (exact) mass is 638 g/mol. The topological polar surface area (TPSA) is 29.3 Å². The molecule has 0 amide bonds. The minimum Gasteiger partial charge on any atom is -0.438 e. The first-order valence-electron chi connectivity index (χ1n) is 17.0. The maximum absolute atomic E-state index is 6.23. The van der Waals surface area contributed by atoms with Gasteiger partial charge in [-0.15, -0.1) is 0 Å². The van der Waals surface area contributed by atoms with Crippen LogP contribution in [0.4, 0.5) is 17.1 Å². The SMILES string of the molecule is c1ccc(-c2ccc(N(c3ccc(-c4cc5ccc6ccccc6c5c5ccccc45)cc3)c3ccnc4oc5ccccc5c34)cc2)cc1. The summed E-state index contributed by atoms with van der Waals surface area (Å²) in [5.74, 6) is 0. The summed E-state index contributed by atoms with van der Waals surface area (Å²) in [7, 11) is 0. The average molecular weight is 639 g/mol. The normalized spacial score (nSPS) is 11.6. The fraction of sp³-hybridized carbons (Fsp3) is 0. The summed E-state index contributed by atoms with van der Waals surface area (Å²) >= 11 is 0. The second kappa shape index (κ2) is 11.5. The molecule has 8 aromatic carbocycles. The van der Waals surface area contributed by atoms with Crippen LogP contribution in [-0.4, -0.2) is 4.98 Å². The van der Waals surface area contributed by atoms with Crippen molar-refractivity contribution in [2.24, 2.45) is 0 Å². The molecule has 0 atom stereocenters. The van der Waals surface area contributed by atoms with E-state index in [1.165, 1.54) is 54.6 Å². The van der Waals surface area contributed by atoms with Crippen LogP contribution in [0.25, 0.3) is 76.6 Å².